The molecule has 3 rings (SSSR count). The molecule has 6 heteroatoms. The van der Waals surface area contributed by atoms with Crippen molar-refractivity contribution in [2.45, 2.75) is 6.54 Å². The van der Waals surface area contributed by atoms with Crippen molar-refractivity contribution >= 4 is 34.1 Å². The molecule has 0 aliphatic heterocycles. The lowest BCUT2D eigenvalue weighted by Crippen LogP contribution is -2.23. The normalized spacial score (nSPS) is 10.9. The Balaban J connectivity index is 2.11. The summed E-state index contributed by atoms with van der Waals surface area (Å²) in [7, 11) is 0. The number of aromatic nitrogens is 3. The molecule has 4 nitrogen and oxygen atoms in total. The van der Waals surface area contributed by atoms with Gasteiger partial charge in [-0.1, -0.05) is 41.4 Å². The molecule has 2 aromatic heterocycles. The third-order valence-electron chi connectivity index (χ3n) is 3.00. The second-order valence-corrected chi connectivity index (χ2v) is 5.04. The van der Waals surface area contributed by atoms with Crippen LogP contribution in [0, 0.1) is 0 Å². The molecule has 0 aliphatic carbocycles. The highest BCUT2D eigenvalue weighted by atomic mass is 35.5. The lowest BCUT2D eigenvalue weighted by molar-refractivity contribution is 0.641. The van der Waals surface area contributed by atoms with Crippen molar-refractivity contribution in [1.82, 2.24) is 14.8 Å². The van der Waals surface area contributed by atoms with Gasteiger partial charge in [0.25, 0.3) is 5.56 Å². The molecule has 0 saturated heterocycles. The lowest BCUT2D eigenvalue weighted by Gasteiger charge is -2.08. The molecule has 0 saturated carbocycles. The number of fused-ring (bicyclic) bond motifs is 1. The number of hydrogen-bond acceptors (Lipinski definition) is 3. The first-order chi connectivity index (χ1) is 9.66. The van der Waals surface area contributed by atoms with Crippen molar-refractivity contribution in [3.05, 3.63) is 68.7 Å². The zero-order valence-electron chi connectivity index (χ0n) is 10.3. The Kier molecular flexibility index (Phi) is 3.42. The van der Waals surface area contributed by atoms with Gasteiger partial charge in [0.05, 0.1) is 23.3 Å². The van der Waals surface area contributed by atoms with Gasteiger partial charge in [0.1, 0.15) is 5.02 Å². The van der Waals surface area contributed by atoms with Crippen molar-refractivity contribution in [2.75, 3.05) is 0 Å². The summed E-state index contributed by atoms with van der Waals surface area (Å²) in [6.07, 6.45) is 3.08. The van der Waals surface area contributed by atoms with Gasteiger partial charge in [-0.25, -0.2) is 4.68 Å². The maximum Gasteiger partial charge on any atom is 0.287 e. The summed E-state index contributed by atoms with van der Waals surface area (Å²) >= 11 is 11.6. The van der Waals surface area contributed by atoms with E-state index in [1.807, 2.05) is 30.3 Å². The minimum Gasteiger partial charge on any atom is -0.266 e. The number of halogens is 2. The maximum atomic E-state index is 12.0. The number of para-hydroxylation sites is 1. The van der Waals surface area contributed by atoms with Crippen LogP contribution >= 0.6 is 23.2 Å². The Bertz CT molecular complexity index is 840. The van der Waals surface area contributed by atoms with Gasteiger partial charge in [0, 0.05) is 11.6 Å². The summed E-state index contributed by atoms with van der Waals surface area (Å²) in [4.78, 5) is 16.3. The maximum absolute atomic E-state index is 12.0. The van der Waals surface area contributed by atoms with Crippen LogP contribution in [0.25, 0.3) is 10.9 Å². The highest BCUT2D eigenvalue weighted by Gasteiger charge is 2.09. The molecule has 0 bridgehead atoms. The zero-order valence-corrected chi connectivity index (χ0v) is 11.8. The van der Waals surface area contributed by atoms with Crippen molar-refractivity contribution in [1.29, 1.82) is 0 Å². The number of benzene rings is 1. The number of rotatable bonds is 2. The average Bonchev–Trinajstić information content (AvgIpc) is 2.48. The Labute approximate surface area is 124 Å². The van der Waals surface area contributed by atoms with E-state index >= 15 is 0 Å². The Morgan fingerprint density at radius 2 is 1.95 bits per heavy atom. The van der Waals surface area contributed by atoms with Crippen molar-refractivity contribution < 1.29 is 0 Å². The van der Waals surface area contributed by atoms with E-state index in [0.29, 0.717) is 6.54 Å². The van der Waals surface area contributed by atoms with E-state index in [4.69, 9.17) is 23.2 Å². The first-order valence-electron chi connectivity index (χ1n) is 5.90. The Morgan fingerprint density at radius 3 is 2.80 bits per heavy atom. The van der Waals surface area contributed by atoms with Crippen molar-refractivity contribution in [3.8, 4) is 0 Å². The van der Waals surface area contributed by atoms with Gasteiger partial charge in [-0.15, -0.1) is 0 Å². The first kappa shape index (κ1) is 13.1. The highest BCUT2D eigenvalue weighted by Crippen LogP contribution is 2.18. The van der Waals surface area contributed by atoms with Gasteiger partial charge in [-0.3, -0.25) is 9.78 Å². The molecule has 0 N–H and O–H groups in total. The van der Waals surface area contributed by atoms with Crippen LogP contribution in [-0.2, 0) is 6.54 Å². The van der Waals surface area contributed by atoms with Crippen LogP contribution in [0.1, 0.15) is 5.56 Å². The van der Waals surface area contributed by atoms with Gasteiger partial charge >= 0.3 is 0 Å². The summed E-state index contributed by atoms with van der Waals surface area (Å²) in [5.74, 6) is 0. The largest absolute Gasteiger partial charge is 0.287 e. The molecule has 2 heterocycles. The second kappa shape index (κ2) is 5.23. The van der Waals surface area contributed by atoms with Crippen LogP contribution in [0.3, 0.4) is 0 Å². The van der Waals surface area contributed by atoms with Gasteiger partial charge in [-0.2, -0.15) is 5.10 Å². The fourth-order valence-electron chi connectivity index (χ4n) is 2.01. The number of pyridine rings is 1. The van der Waals surface area contributed by atoms with E-state index < -0.39 is 5.56 Å². The van der Waals surface area contributed by atoms with Crippen molar-refractivity contribution in [2.24, 2.45) is 0 Å². The molecule has 0 amide bonds. The fraction of sp³-hybridized carbons (Fsp3) is 0.0714. The van der Waals surface area contributed by atoms with Crippen LogP contribution in [0.2, 0.25) is 10.0 Å². The third kappa shape index (κ3) is 2.28. The van der Waals surface area contributed by atoms with Gasteiger partial charge < -0.3 is 0 Å². The molecule has 0 radical (unpaired) electrons. The Hall–Kier alpha value is -1.91. The number of nitrogens with zero attached hydrogens (tertiary/aromatic N) is 3. The van der Waals surface area contributed by atoms with Crippen LogP contribution in [-0.4, -0.2) is 14.8 Å². The smallest absolute Gasteiger partial charge is 0.266 e. The van der Waals surface area contributed by atoms with Crippen LogP contribution in [0.5, 0.6) is 0 Å². The van der Waals surface area contributed by atoms with Crippen LogP contribution in [0.4, 0.5) is 0 Å². The predicted molar refractivity (Wildman–Crippen MR) is 79.4 cm³/mol. The fourth-order valence-corrected chi connectivity index (χ4v) is 2.28. The summed E-state index contributed by atoms with van der Waals surface area (Å²) in [6, 6.07) is 9.59. The zero-order chi connectivity index (χ0) is 14.1. The molecule has 0 unspecified atom stereocenters. The first-order valence-corrected chi connectivity index (χ1v) is 6.66. The molecule has 20 heavy (non-hydrogen) atoms. The van der Waals surface area contributed by atoms with E-state index in [1.54, 1.807) is 6.20 Å². The van der Waals surface area contributed by atoms with Crippen LogP contribution in [0.15, 0.2) is 47.5 Å². The third-order valence-corrected chi connectivity index (χ3v) is 3.75. The quantitative estimate of drug-likeness (QED) is 0.731. The highest BCUT2D eigenvalue weighted by molar-refractivity contribution is 6.41. The van der Waals surface area contributed by atoms with Gasteiger partial charge in [0.15, 0.2) is 0 Å². The predicted octanol–water partition coefficient (Wildman–Crippen LogP) is 3.15. The SMILES string of the molecule is O=c1c(Cl)c(Cl)cnn1Cc1ccnc2ccccc12. The molecule has 0 atom stereocenters. The molecular weight excluding hydrogens is 297 g/mol. The van der Waals surface area contributed by atoms with Gasteiger partial charge in [-0.05, 0) is 17.7 Å². The summed E-state index contributed by atoms with van der Waals surface area (Å²) < 4.78 is 1.29. The summed E-state index contributed by atoms with van der Waals surface area (Å²) in [6.45, 7) is 0.318. The van der Waals surface area contributed by atoms with E-state index in [2.05, 4.69) is 10.1 Å². The van der Waals surface area contributed by atoms with E-state index in [0.717, 1.165) is 16.5 Å². The van der Waals surface area contributed by atoms with E-state index in [1.165, 1.54) is 10.9 Å². The molecular formula is C14H9Cl2N3O. The number of hydrogen-bond donors (Lipinski definition) is 0. The molecule has 0 spiro atoms. The Morgan fingerprint density at radius 1 is 1.15 bits per heavy atom. The minimum absolute atomic E-state index is 0.0139. The van der Waals surface area contributed by atoms with Gasteiger partial charge in [0.2, 0.25) is 0 Å². The molecule has 0 aliphatic rings. The standard InChI is InChI=1S/C14H9Cl2N3O/c15-11-7-18-19(14(20)13(11)16)8-9-5-6-17-12-4-2-1-3-10(9)12/h1-7H,8H2. The minimum atomic E-state index is -0.403. The van der Waals surface area contributed by atoms with E-state index in [9.17, 15) is 4.79 Å². The summed E-state index contributed by atoms with van der Waals surface area (Å²) in [5.41, 5.74) is 1.42. The molecule has 100 valence electrons. The van der Waals surface area contributed by atoms with Crippen molar-refractivity contribution in [3.63, 3.8) is 0 Å². The summed E-state index contributed by atoms with van der Waals surface area (Å²) in [5, 5.41) is 5.14. The molecule has 1 aromatic carbocycles. The van der Waals surface area contributed by atoms with Crippen LogP contribution < -0.4 is 5.56 Å². The van der Waals surface area contributed by atoms with E-state index in [-0.39, 0.29) is 10.0 Å². The molecule has 3 aromatic rings. The molecule has 0 fully saturated rings. The topological polar surface area (TPSA) is 47.8 Å². The average molecular weight is 306 g/mol. The lowest BCUT2D eigenvalue weighted by atomic mass is 10.1. The monoisotopic (exact) mass is 305 g/mol. The second-order valence-electron chi connectivity index (χ2n) is 4.26.